The Hall–Kier alpha value is -2.13. The minimum absolute atomic E-state index is 0.0587. The number of fused-ring (bicyclic) bond motifs is 5. The van der Waals surface area contributed by atoms with Crippen molar-refractivity contribution in [2.75, 3.05) is 0 Å². The normalized spacial score (nSPS) is 43.2. The van der Waals surface area contributed by atoms with Crippen molar-refractivity contribution in [2.24, 2.45) is 33.7 Å². The molecule has 2 fully saturated rings. The average Bonchev–Trinajstić information content (AvgIpc) is 2.85. The summed E-state index contributed by atoms with van der Waals surface area (Å²) in [5.74, 6) is 1.18. The molecule has 0 heterocycles. The quantitative estimate of drug-likeness (QED) is 0.410. The van der Waals surface area contributed by atoms with Gasteiger partial charge in [0.15, 0.2) is 5.78 Å². The zero-order chi connectivity index (χ0) is 17.1. The molecule has 0 aromatic carbocycles. The van der Waals surface area contributed by atoms with Crippen LogP contribution in [0, 0.1) is 28.6 Å². The molecule has 24 heavy (non-hydrogen) atoms. The van der Waals surface area contributed by atoms with Gasteiger partial charge in [-0.1, -0.05) is 31.1 Å². The van der Waals surface area contributed by atoms with Crippen LogP contribution in [0.15, 0.2) is 40.7 Å². The molecular weight excluding hydrogens is 302 g/mol. The topological polar surface area (TPSA) is 82.9 Å². The first-order valence-electron chi connectivity index (χ1n) is 8.66. The maximum Gasteiger partial charge on any atom is 0.178 e. The molecule has 0 N–H and O–H groups in total. The fourth-order valence-electron chi connectivity index (χ4n) is 5.67. The van der Waals surface area contributed by atoms with Crippen molar-refractivity contribution in [2.45, 2.75) is 39.5 Å². The first-order valence-corrected chi connectivity index (χ1v) is 8.66. The predicted molar refractivity (Wildman–Crippen MR) is 89.6 cm³/mol. The van der Waals surface area contributed by atoms with E-state index in [-0.39, 0.29) is 22.5 Å². The lowest BCUT2D eigenvalue weighted by atomic mass is 9.50. The number of rotatable bonds is 1. The van der Waals surface area contributed by atoms with Crippen molar-refractivity contribution >= 4 is 11.6 Å². The van der Waals surface area contributed by atoms with Crippen LogP contribution < -0.4 is 0 Å². The average molecular weight is 323 g/mol. The summed E-state index contributed by atoms with van der Waals surface area (Å²) < 4.78 is 0. The molecule has 5 atom stereocenters. The summed E-state index contributed by atoms with van der Waals surface area (Å²) in [5, 5.41) is 3.90. The molecule has 2 saturated carbocycles. The van der Waals surface area contributed by atoms with Gasteiger partial charge in [-0.25, -0.2) is 0 Å². The van der Waals surface area contributed by atoms with Gasteiger partial charge in [0.1, 0.15) is 5.78 Å². The molecule has 0 saturated heterocycles. The summed E-state index contributed by atoms with van der Waals surface area (Å²) in [6.07, 6.45) is 10.7. The lowest BCUT2D eigenvalue weighted by Gasteiger charge is -2.54. The van der Waals surface area contributed by atoms with E-state index in [1.54, 1.807) is 12.2 Å². The second-order valence-corrected chi connectivity index (χ2v) is 8.03. The van der Waals surface area contributed by atoms with Crippen LogP contribution in [0.25, 0.3) is 10.4 Å². The highest BCUT2D eigenvalue weighted by atomic mass is 16.1. The van der Waals surface area contributed by atoms with Crippen molar-refractivity contribution in [1.82, 2.24) is 0 Å². The van der Waals surface area contributed by atoms with E-state index < -0.39 is 0 Å². The molecular formula is C19H21N3O2. The fourth-order valence-corrected chi connectivity index (χ4v) is 5.67. The van der Waals surface area contributed by atoms with Gasteiger partial charge in [-0.05, 0) is 60.3 Å². The highest BCUT2D eigenvalue weighted by Crippen LogP contribution is 2.62. The van der Waals surface area contributed by atoms with Gasteiger partial charge in [0, 0.05) is 27.9 Å². The smallest absolute Gasteiger partial charge is 0.178 e. The molecule has 4 rings (SSSR count). The summed E-state index contributed by atoms with van der Waals surface area (Å²) in [6.45, 7) is 4.25. The van der Waals surface area contributed by atoms with Crippen molar-refractivity contribution in [3.05, 3.63) is 46.0 Å². The molecule has 124 valence electrons. The molecule has 0 radical (unpaired) electrons. The van der Waals surface area contributed by atoms with Gasteiger partial charge in [0.2, 0.25) is 0 Å². The van der Waals surface area contributed by atoms with Crippen LogP contribution in [0.4, 0.5) is 0 Å². The molecule has 0 aromatic heterocycles. The van der Waals surface area contributed by atoms with Crippen molar-refractivity contribution in [3.63, 3.8) is 0 Å². The van der Waals surface area contributed by atoms with Gasteiger partial charge in [-0.2, -0.15) is 0 Å². The van der Waals surface area contributed by atoms with Gasteiger partial charge in [-0.3, -0.25) is 9.59 Å². The first kappa shape index (κ1) is 15.4. The van der Waals surface area contributed by atoms with Gasteiger partial charge in [-0.15, -0.1) is 0 Å². The number of azide groups is 1. The van der Waals surface area contributed by atoms with Crippen LogP contribution in [-0.4, -0.2) is 11.6 Å². The highest BCUT2D eigenvalue weighted by molar-refractivity contribution is 6.02. The molecule has 0 amide bonds. The molecule has 0 aromatic rings. The monoisotopic (exact) mass is 323 g/mol. The van der Waals surface area contributed by atoms with Gasteiger partial charge in [0.25, 0.3) is 0 Å². The standard InChI is InChI=1S/C19H21N3O2/c1-18-7-5-11(23)9-15(18)16(21-22-20)10-12-13-3-4-17(24)19(13,2)8-6-14(12)18/h5,7,9-10,12-14H,3-4,6,8H2,1-2H3/t12-,13-,14-,18+,19-/m0/s1. The molecule has 4 aliphatic carbocycles. The largest absolute Gasteiger partial charge is 0.299 e. The molecule has 0 unspecified atom stereocenters. The van der Waals surface area contributed by atoms with E-state index in [9.17, 15) is 9.59 Å². The number of carbonyl (C=O) groups excluding carboxylic acids is 2. The Morgan fingerprint density at radius 2 is 2.04 bits per heavy atom. The van der Waals surface area contributed by atoms with Crippen molar-refractivity contribution in [3.8, 4) is 0 Å². The minimum Gasteiger partial charge on any atom is -0.299 e. The molecule has 0 spiro atoms. The number of hydrogen-bond donors (Lipinski definition) is 0. The zero-order valence-corrected chi connectivity index (χ0v) is 14.0. The van der Waals surface area contributed by atoms with E-state index in [1.807, 2.05) is 12.2 Å². The highest BCUT2D eigenvalue weighted by Gasteiger charge is 2.58. The summed E-state index contributed by atoms with van der Waals surface area (Å²) in [4.78, 5) is 27.3. The number of allylic oxidation sites excluding steroid dienone is 5. The molecule has 0 bridgehead atoms. The van der Waals surface area contributed by atoms with Gasteiger partial charge < -0.3 is 0 Å². The number of nitrogens with zero attached hydrogens (tertiary/aromatic N) is 3. The number of carbonyl (C=O) groups is 2. The third-order valence-corrected chi connectivity index (χ3v) is 7.05. The summed E-state index contributed by atoms with van der Waals surface area (Å²) in [6, 6.07) is 0. The Balaban J connectivity index is 1.88. The van der Waals surface area contributed by atoms with E-state index in [1.165, 1.54) is 0 Å². The van der Waals surface area contributed by atoms with Crippen molar-refractivity contribution < 1.29 is 9.59 Å². The Kier molecular flexibility index (Phi) is 3.17. The maximum absolute atomic E-state index is 12.4. The molecule has 0 aliphatic heterocycles. The Bertz CT molecular complexity index is 786. The lowest BCUT2D eigenvalue weighted by Crippen LogP contribution is -2.48. The van der Waals surface area contributed by atoms with Crippen molar-refractivity contribution in [1.29, 1.82) is 0 Å². The number of ketones is 2. The Labute approximate surface area is 141 Å². The minimum atomic E-state index is -0.302. The van der Waals surface area contributed by atoms with E-state index in [0.717, 1.165) is 24.8 Å². The Morgan fingerprint density at radius 3 is 2.79 bits per heavy atom. The van der Waals surface area contributed by atoms with E-state index in [2.05, 4.69) is 23.9 Å². The summed E-state index contributed by atoms with van der Waals surface area (Å²) in [5.41, 5.74) is 9.83. The second-order valence-electron chi connectivity index (χ2n) is 8.03. The van der Waals surface area contributed by atoms with E-state index in [4.69, 9.17) is 5.53 Å². The summed E-state index contributed by atoms with van der Waals surface area (Å²) >= 11 is 0. The SMILES string of the molecule is C[C@]12C=CC(=O)C=C1C(N=[N+]=[N-])=C[C@@H]1[C@@H]2CC[C@]2(C)C(=O)CC[C@@H]12. The third kappa shape index (κ3) is 1.85. The van der Waals surface area contributed by atoms with Crippen LogP contribution in [0.2, 0.25) is 0 Å². The van der Waals surface area contributed by atoms with Crippen LogP contribution in [0.1, 0.15) is 39.5 Å². The summed E-state index contributed by atoms with van der Waals surface area (Å²) in [7, 11) is 0. The van der Waals surface area contributed by atoms with Gasteiger partial charge in [0.05, 0.1) is 0 Å². The third-order valence-electron chi connectivity index (χ3n) is 7.05. The zero-order valence-electron chi connectivity index (χ0n) is 14.0. The van der Waals surface area contributed by atoms with E-state index >= 15 is 0 Å². The maximum atomic E-state index is 12.4. The molecule has 4 aliphatic rings. The van der Waals surface area contributed by atoms with Gasteiger partial charge >= 0.3 is 0 Å². The number of Topliss-reactive ketones (excluding diaryl/α,β-unsaturated/α-hetero) is 1. The lowest BCUT2D eigenvalue weighted by molar-refractivity contribution is -0.130. The number of hydrogen-bond acceptors (Lipinski definition) is 3. The van der Waals surface area contributed by atoms with E-state index in [0.29, 0.717) is 29.7 Å². The van der Waals surface area contributed by atoms with Crippen LogP contribution >= 0.6 is 0 Å². The Morgan fingerprint density at radius 1 is 1.25 bits per heavy atom. The fraction of sp³-hybridized carbons (Fsp3) is 0.579. The van der Waals surface area contributed by atoms with Crippen LogP contribution in [0.3, 0.4) is 0 Å². The molecule has 5 heteroatoms. The van der Waals surface area contributed by atoms with Crippen LogP contribution in [-0.2, 0) is 9.59 Å². The van der Waals surface area contributed by atoms with Crippen LogP contribution in [0.5, 0.6) is 0 Å². The second kappa shape index (κ2) is 4.93. The predicted octanol–water partition coefficient (Wildman–Crippen LogP) is 4.28. The first-order chi connectivity index (χ1) is 11.4. The molecule has 5 nitrogen and oxygen atoms in total.